The molecule has 0 saturated carbocycles. The van der Waals surface area contributed by atoms with Crippen molar-refractivity contribution in [3.8, 4) is 0 Å². The van der Waals surface area contributed by atoms with Crippen LogP contribution in [-0.4, -0.2) is 14.5 Å². The molecule has 0 saturated heterocycles. The molecule has 0 radical (unpaired) electrons. The van der Waals surface area contributed by atoms with Crippen molar-refractivity contribution >= 4 is 11.2 Å². The van der Waals surface area contributed by atoms with E-state index in [1.165, 1.54) is 16.7 Å². The van der Waals surface area contributed by atoms with Gasteiger partial charge >= 0.3 is 0 Å². The van der Waals surface area contributed by atoms with Gasteiger partial charge in [-0.3, -0.25) is 0 Å². The lowest BCUT2D eigenvalue weighted by Crippen LogP contribution is -2.00. The van der Waals surface area contributed by atoms with Crippen molar-refractivity contribution in [2.75, 3.05) is 0 Å². The Bertz CT molecular complexity index is 698. The lowest BCUT2D eigenvalue weighted by Gasteiger charge is -2.08. The Kier molecular flexibility index (Phi) is 2.59. The van der Waals surface area contributed by atoms with Crippen molar-refractivity contribution in [3.63, 3.8) is 0 Å². The number of aromatic nitrogens is 3. The third kappa shape index (κ3) is 1.88. The Morgan fingerprint density at radius 3 is 2.89 bits per heavy atom. The molecule has 0 aliphatic rings. The second kappa shape index (κ2) is 4.26. The van der Waals surface area contributed by atoms with E-state index in [0.717, 1.165) is 17.7 Å². The monoisotopic (exact) mass is 237 g/mol. The molecule has 0 unspecified atom stereocenters. The molecule has 0 spiro atoms. The topological polar surface area (TPSA) is 30.7 Å². The van der Waals surface area contributed by atoms with E-state index >= 15 is 0 Å². The zero-order valence-electron chi connectivity index (χ0n) is 10.6. The first-order valence-corrected chi connectivity index (χ1v) is 6.06. The van der Waals surface area contributed by atoms with Crippen molar-refractivity contribution < 1.29 is 0 Å². The lowest BCUT2D eigenvalue weighted by atomic mass is 10.1. The standard InChI is InChI=1S/C15H15N3/c1-11-5-6-12(2)13(8-11)9-18-10-17-15-14(18)4-3-7-16-15/h3-8,10H,9H2,1-2H3. The van der Waals surface area contributed by atoms with E-state index in [4.69, 9.17) is 0 Å². The Labute approximate surface area is 106 Å². The van der Waals surface area contributed by atoms with Crippen LogP contribution in [0, 0.1) is 13.8 Å². The number of imidazole rings is 1. The van der Waals surface area contributed by atoms with E-state index in [-0.39, 0.29) is 0 Å². The molecular formula is C15H15N3. The van der Waals surface area contributed by atoms with Crippen LogP contribution in [0.5, 0.6) is 0 Å². The molecule has 0 bridgehead atoms. The first-order valence-electron chi connectivity index (χ1n) is 6.06. The highest BCUT2D eigenvalue weighted by Crippen LogP contribution is 2.16. The third-order valence-electron chi connectivity index (χ3n) is 3.24. The molecule has 2 heterocycles. The second-order valence-electron chi connectivity index (χ2n) is 4.65. The molecule has 0 N–H and O–H groups in total. The summed E-state index contributed by atoms with van der Waals surface area (Å²) in [4.78, 5) is 8.57. The van der Waals surface area contributed by atoms with Gasteiger partial charge in [-0.05, 0) is 37.1 Å². The van der Waals surface area contributed by atoms with Gasteiger partial charge in [0.1, 0.15) is 0 Å². The minimum atomic E-state index is 0.808. The Balaban J connectivity index is 2.04. The quantitative estimate of drug-likeness (QED) is 0.685. The average molecular weight is 237 g/mol. The molecule has 2 aromatic heterocycles. The number of pyridine rings is 1. The predicted molar refractivity (Wildman–Crippen MR) is 72.5 cm³/mol. The first kappa shape index (κ1) is 11.0. The second-order valence-corrected chi connectivity index (χ2v) is 4.65. The fourth-order valence-electron chi connectivity index (χ4n) is 2.18. The minimum absolute atomic E-state index is 0.808. The van der Waals surface area contributed by atoms with Gasteiger partial charge in [0.15, 0.2) is 5.65 Å². The summed E-state index contributed by atoms with van der Waals surface area (Å²) >= 11 is 0. The summed E-state index contributed by atoms with van der Waals surface area (Å²) in [6.07, 6.45) is 3.64. The Morgan fingerprint density at radius 2 is 2.00 bits per heavy atom. The summed E-state index contributed by atoms with van der Waals surface area (Å²) in [5.41, 5.74) is 5.82. The largest absolute Gasteiger partial charge is 0.325 e. The number of rotatable bonds is 2. The molecule has 3 aromatic rings. The molecule has 0 fully saturated rings. The summed E-state index contributed by atoms with van der Waals surface area (Å²) in [7, 11) is 0. The summed E-state index contributed by atoms with van der Waals surface area (Å²) < 4.78 is 2.14. The minimum Gasteiger partial charge on any atom is -0.325 e. The number of fused-ring (bicyclic) bond motifs is 1. The third-order valence-corrected chi connectivity index (χ3v) is 3.24. The van der Waals surface area contributed by atoms with E-state index in [2.05, 4.69) is 52.6 Å². The van der Waals surface area contributed by atoms with Gasteiger partial charge < -0.3 is 4.57 Å². The first-order chi connectivity index (χ1) is 8.74. The fraction of sp³-hybridized carbons (Fsp3) is 0.200. The zero-order valence-corrected chi connectivity index (χ0v) is 10.6. The van der Waals surface area contributed by atoms with Gasteiger partial charge in [0, 0.05) is 12.7 Å². The van der Waals surface area contributed by atoms with Crippen LogP contribution < -0.4 is 0 Å². The van der Waals surface area contributed by atoms with Gasteiger partial charge in [0.2, 0.25) is 0 Å². The Morgan fingerprint density at radius 1 is 1.11 bits per heavy atom. The summed E-state index contributed by atoms with van der Waals surface area (Å²) in [5.74, 6) is 0. The highest BCUT2D eigenvalue weighted by Gasteiger charge is 2.05. The van der Waals surface area contributed by atoms with Crippen LogP contribution in [0.3, 0.4) is 0 Å². The summed E-state index contributed by atoms with van der Waals surface area (Å²) in [5, 5.41) is 0. The molecule has 3 rings (SSSR count). The zero-order chi connectivity index (χ0) is 12.5. The maximum atomic E-state index is 4.32. The SMILES string of the molecule is Cc1ccc(C)c(Cn2cnc3ncccc32)c1. The molecule has 90 valence electrons. The number of benzene rings is 1. The van der Waals surface area contributed by atoms with Crippen molar-refractivity contribution in [2.45, 2.75) is 20.4 Å². The predicted octanol–water partition coefficient (Wildman–Crippen LogP) is 3.10. The lowest BCUT2D eigenvalue weighted by molar-refractivity contribution is 0.817. The van der Waals surface area contributed by atoms with Crippen molar-refractivity contribution in [1.29, 1.82) is 0 Å². The molecular weight excluding hydrogens is 222 g/mol. The molecule has 0 aliphatic carbocycles. The Hall–Kier alpha value is -2.16. The molecule has 0 atom stereocenters. The molecule has 0 aliphatic heterocycles. The van der Waals surface area contributed by atoms with E-state index in [9.17, 15) is 0 Å². The van der Waals surface area contributed by atoms with Gasteiger partial charge in [0.05, 0.1) is 11.8 Å². The van der Waals surface area contributed by atoms with Gasteiger partial charge in [-0.25, -0.2) is 9.97 Å². The summed E-state index contributed by atoms with van der Waals surface area (Å²) in [6.45, 7) is 5.11. The fourth-order valence-corrected chi connectivity index (χ4v) is 2.18. The van der Waals surface area contributed by atoms with Crippen LogP contribution >= 0.6 is 0 Å². The average Bonchev–Trinajstić information content (AvgIpc) is 2.78. The van der Waals surface area contributed by atoms with Crippen LogP contribution in [-0.2, 0) is 6.54 Å². The smallest absolute Gasteiger partial charge is 0.177 e. The van der Waals surface area contributed by atoms with Crippen LogP contribution in [0.15, 0.2) is 42.9 Å². The van der Waals surface area contributed by atoms with Gasteiger partial charge in [-0.2, -0.15) is 0 Å². The van der Waals surface area contributed by atoms with Gasteiger partial charge in [0.25, 0.3) is 0 Å². The van der Waals surface area contributed by atoms with Crippen LogP contribution in [0.4, 0.5) is 0 Å². The van der Waals surface area contributed by atoms with Crippen LogP contribution in [0.2, 0.25) is 0 Å². The number of aryl methyl sites for hydroxylation is 2. The molecule has 1 aromatic carbocycles. The molecule has 0 amide bonds. The number of nitrogens with zero attached hydrogens (tertiary/aromatic N) is 3. The summed E-state index contributed by atoms with van der Waals surface area (Å²) in [6, 6.07) is 10.6. The molecule has 3 heteroatoms. The van der Waals surface area contributed by atoms with Crippen molar-refractivity contribution in [2.24, 2.45) is 0 Å². The van der Waals surface area contributed by atoms with E-state index in [0.29, 0.717) is 0 Å². The highest BCUT2D eigenvalue weighted by molar-refractivity contribution is 5.70. The normalized spacial score (nSPS) is 11.0. The van der Waals surface area contributed by atoms with Gasteiger partial charge in [-0.1, -0.05) is 23.8 Å². The maximum Gasteiger partial charge on any atom is 0.177 e. The van der Waals surface area contributed by atoms with E-state index < -0.39 is 0 Å². The molecule has 3 nitrogen and oxygen atoms in total. The molecule has 18 heavy (non-hydrogen) atoms. The van der Waals surface area contributed by atoms with E-state index in [1.807, 2.05) is 12.4 Å². The van der Waals surface area contributed by atoms with Gasteiger partial charge in [-0.15, -0.1) is 0 Å². The van der Waals surface area contributed by atoms with Crippen molar-refractivity contribution in [3.05, 3.63) is 59.5 Å². The van der Waals surface area contributed by atoms with Crippen LogP contribution in [0.1, 0.15) is 16.7 Å². The number of hydrogen-bond donors (Lipinski definition) is 0. The van der Waals surface area contributed by atoms with Crippen LogP contribution in [0.25, 0.3) is 11.2 Å². The number of hydrogen-bond acceptors (Lipinski definition) is 2. The maximum absolute atomic E-state index is 4.32. The van der Waals surface area contributed by atoms with Crippen molar-refractivity contribution in [1.82, 2.24) is 14.5 Å². The highest BCUT2D eigenvalue weighted by atomic mass is 15.1. The van der Waals surface area contributed by atoms with E-state index in [1.54, 1.807) is 6.20 Å².